The summed E-state index contributed by atoms with van der Waals surface area (Å²) in [7, 11) is 1.50. The van der Waals surface area contributed by atoms with E-state index in [0.29, 0.717) is 37.7 Å². The quantitative estimate of drug-likeness (QED) is 0.476. The number of aromatic nitrogens is 2. The normalized spacial score (nSPS) is 24.5. The first-order valence-corrected chi connectivity index (χ1v) is 10.9. The number of halogens is 4. The lowest BCUT2D eigenvalue weighted by molar-refractivity contribution is 0.0271. The van der Waals surface area contributed by atoms with Gasteiger partial charge in [0.2, 0.25) is 0 Å². The third-order valence-electron chi connectivity index (χ3n) is 5.41. The zero-order chi connectivity index (χ0) is 22.4. The van der Waals surface area contributed by atoms with Crippen molar-refractivity contribution in [2.75, 3.05) is 25.6 Å². The zero-order valence-electron chi connectivity index (χ0n) is 16.6. The number of nitrogens with zero attached hydrogens (tertiary/aromatic N) is 2. The standard InChI is InChI=1S/C21H17BrClF2N3O4/c1-29-16-2-9-14(5-17(16)32-18-7-31-19-13(25)6-30-20(18)19)26-8-27-21(9)28-15-4-11(23)10(22)3-12(15)24/h2-5,8,13,18-20H,6-7H2,1H3,(H,26,27,28)/t13-,18?,19+,20+/m1/s1. The van der Waals surface area contributed by atoms with E-state index in [-0.39, 0.29) is 18.9 Å². The Morgan fingerprint density at radius 1 is 1.12 bits per heavy atom. The molecule has 0 saturated carbocycles. The highest BCUT2D eigenvalue weighted by Crippen LogP contribution is 2.39. The first-order chi connectivity index (χ1) is 15.4. The number of anilines is 2. The average molecular weight is 529 g/mol. The molecule has 1 N–H and O–H groups in total. The molecule has 7 nitrogen and oxygen atoms in total. The van der Waals surface area contributed by atoms with E-state index in [1.54, 1.807) is 12.1 Å². The van der Waals surface area contributed by atoms with Gasteiger partial charge in [-0.2, -0.15) is 0 Å². The number of hydrogen-bond donors (Lipinski definition) is 1. The molecule has 3 aromatic rings. The maximum atomic E-state index is 14.4. The monoisotopic (exact) mass is 527 g/mol. The molecular weight excluding hydrogens is 512 g/mol. The Morgan fingerprint density at radius 3 is 2.75 bits per heavy atom. The second-order valence-electron chi connectivity index (χ2n) is 7.38. The number of alkyl halides is 1. The van der Waals surface area contributed by atoms with Crippen molar-refractivity contribution in [1.29, 1.82) is 0 Å². The summed E-state index contributed by atoms with van der Waals surface area (Å²) in [5.41, 5.74) is 0.693. The number of hydrogen-bond acceptors (Lipinski definition) is 7. The number of fused-ring (bicyclic) bond motifs is 2. The molecule has 0 aliphatic carbocycles. The van der Waals surface area contributed by atoms with Crippen molar-refractivity contribution in [3.05, 3.63) is 45.9 Å². The SMILES string of the molecule is COc1cc2c(Nc3cc(Cl)c(Br)cc3F)ncnc2cc1OC1CO[C@H]2[C@H](F)CO[C@@H]12. The van der Waals surface area contributed by atoms with Crippen molar-refractivity contribution in [2.45, 2.75) is 24.5 Å². The van der Waals surface area contributed by atoms with Crippen LogP contribution in [-0.4, -0.2) is 54.8 Å². The van der Waals surface area contributed by atoms with Crippen LogP contribution in [0.25, 0.3) is 10.9 Å². The summed E-state index contributed by atoms with van der Waals surface area (Å²) >= 11 is 9.29. The molecule has 1 unspecified atom stereocenters. The van der Waals surface area contributed by atoms with Crippen LogP contribution in [-0.2, 0) is 9.47 Å². The molecular formula is C21H17BrClF2N3O4. The van der Waals surface area contributed by atoms with Crippen LogP contribution < -0.4 is 14.8 Å². The van der Waals surface area contributed by atoms with Gasteiger partial charge in [-0.25, -0.2) is 18.7 Å². The van der Waals surface area contributed by atoms with Gasteiger partial charge in [-0.05, 0) is 34.1 Å². The van der Waals surface area contributed by atoms with Crippen LogP contribution in [0.5, 0.6) is 11.5 Å². The largest absolute Gasteiger partial charge is 0.493 e. The van der Waals surface area contributed by atoms with E-state index in [9.17, 15) is 8.78 Å². The van der Waals surface area contributed by atoms with Crippen LogP contribution >= 0.6 is 27.5 Å². The molecule has 2 aliphatic heterocycles. The van der Waals surface area contributed by atoms with Gasteiger partial charge < -0.3 is 24.3 Å². The second-order valence-corrected chi connectivity index (χ2v) is 8.64. The van der Waals surface area contributed by atoms with E-state index in [2.05, 4.69) is 31.2 Å². The third-order valence-corrected chi connectivity index (χ3v) is 6.61. The number of rotatable bonds is 5. The highest BCUT2D eigenvalue weighted by molar-refractivity contribution is 9.10. The summed E-state index contributed by atoms with van der Waals surface area (Å²) in [5.74, 6) is 0.671. The molecule has 0 bridgehead atoms. The Kier molecular flexibility index (Phi) is 5.79. The van der Waals surface area contributed by atoms with Gasteiger partial charge >= 0.3 is 0 Å². The van der Waals surface area contributed by atoms with Crippen molar-refractivity contribution < 1.29 is 27.7 Å². The lowest BCUT2D eigenvalue weighted by Crippen LogP contribution is -2.33. The van der Waals surface area contributed by atoms with Gasteiger partial charge in [0.05, 0.1) is 36.6 Å². The zero-order valence-corrected chi connectivity index (χ0v) is 19.0. The minimum absolute atomic E-state index is 0.0110. The summed E-state index contributed by atoms with van der Waals surface area (Å²) in [4.78, 5) is 8.52. The average Bonchev–Trinajstić information content (AvgIpc) is 3.35. The van der Waals surface area contributed by atoms with Crippen LogP contribution in [0.3, 0.4) is 0 Å². The molecule has 2 aliphatic rings. The molecule has 11 heteroatoms. The van der Waals surface area contributed by atoms with E-state index in [0.717, 1.165) is 0 Å². The van der Waals surface area contributed by atoms with Gasteiger partial charge in [0.1, 0.15) is 30.2 Å². The summed E-state index contributed by atoms with van der Waals surface area (Å²) in [6.07, 6.45) is -1.41. The molecule has 0 amide bonds. The van der Waals surface area contributed by atoms with Crippen LogP contribution in [0.1, 0.15) is 0 Å². The van der Waals surface area contributed by atoms with Crippen molar-refractivity contribution in [3.63, 3.8) is 0 Å². The summed E-state index contributed by atoms with van der Waals surface area (Å²) in [5, 5.41) is 3.88. The molecule has 2 saturated heterocycles. The molecule has 32 heavy (non-hydrogen) atoms. The fourth-order valence-electron chi connectivity index (χ4n) is 3.84. The number of methoxy groups -OCH3 is 1. The summed E-state index contributed by atoms with van der Waals surface area (Å²) in [6.45, 7) is 0.195. The Labute approximate surface area is 195 Å². The third kappa shape index (κ3) is 3.85. The fourth-order valence-corrected chi connectivity index (χ4v) is 4.32. The van der Waals surface area contributed by atoms with Crippen LogP contribution in [0.2, 0.25) is 5.02 Å². The second kappa shape index (κ2) is 8.58. The molecule has 4 atom stereocenters. The van der Waals surface area contributed by atoms with E-state index >= 15 is 0 Å². The Hall–Kier alpha value is -2.27. The Balaban J connectivity index is 1.47. The van der Waals surface area contributed by atoms with Crippen LogP contribution in [0.15, 0.2) is 35.1 Å². The highest BCUT2D eigenvalue weighted by Gasteiger charge is 2.49. The van der Waals surface area contributed by atoms with Crippen LogP contribution in [0.4, 0.5) is 20.3 Å². The van der Waals surface area contributed by atoms with E-state index in [4.69, 9.17) is 30.5 Å². The number of ether oxygens (including phenoxy) is 4. The first-order valence-electron chi connectivity index (χ1n) is 9.73. The van der Waals surface area contributed by atoms with Gasteiger partial charge in [-0.15, -0.1) is 0 Å². The Bertz CT molecular complexity index is 1190. The van der Waals surface area contributed by atoms with Gasteiger partial charge in [-0.3, -0.25) is 0 Å². The Morgan fingerprint density at radius 2 is 1.94 bits per heavy atom. The number of nitrogens with one attached hydrogen (secondary N) is 1. The van der Waals surface area contributed by atoms with Crippen molar-refractivity contribution >= 4 is 49.9 Å². The molecule has 3 heterocycles. The molecule has 2 aromatic carbocycles. The van der Waals surface area contributed by atoms with Crippen LogP contribution in [0, 0.1) is 5.82 Å². The molecule has 2 fully saturated rings. The smallest absolute Gasteiger partial charge is 0.164 e. The highest BCUT2D eigenvalue weighted by atomic mass is 79.9. The van der Waals surface area contributed by atoms with Gasteiger partial charge in [-0.1, -0.05) is 11.6 Å². The van der Waals surface area contributed by atoms with E-state index in [1.165, 1.54) is 25.6 Å². The fraction of sp³-hybridized carbons (Fsp3) is 0.333. The van der Waals surface area contributed by atoms with Gasteiger partial charge in [0.25, 0.3) is 0 Å². The minimum atomic E-state index is -1.17. The minimum Gasteiger partial charge on any atom is -0.493 e. The lowest BCUT2D eigenvalue weighted by atomic mass is 10.1. The van der Waals surface area contributed by atoms with Gasteiger partial charge in [0, 0.05) is 15.9 Å². The van der Waals surface area contributed by atoms with Crippen molar-refractivity contribution in [2.24, 2.45) is 0 Å². The molecule has 0 spiro atoms. The maximum absolute atomic E-state index is 14.4. The lowest BCUT2D eigenvalue weighted by Gasteiger charge is -2.20. The molecule has 0 radical (unpaired) electrons. The maximum Gasteiger partial charge on any atom is 0.164 e. The predicted octanol–water partition coefficient (Wildman–Crippen LogP) is 4.82. The van der Waals surface area contributed by atoms with E-state index < -0.39 is 30.3 Å². The van der Waals surface area contributed by atoms with Crippen molar-refractivity contribution in [3.8, 4) is 11.5 Å². The topological polar surface area (TPSA) is 74.7 Å². The summed E-state index contributed by atoms with van der Waals surface area (Å²) in [6, 6.07) is 6.09. The molecule has 5 rings (SSSR count). The first kappa shape index (κ1) is 21.6. The predicted molar refractivity (Wildman–Crippen MR) is 117 cm³/mol. The van der Waals surface area contributed by atoms with Crippen molar-refractivity contribution in [1.82, 2.24) is 9.97 Å². The molecule has 168 valence electrons. The number of benzene rings is 2. The van der Waals surface area contributed by atoms with Gasteiger partial charge in [0.15, 0.2) is 23.8 Å². The van der Waals surface area contributed by atoms with E-state index in [1.807, 2.05) is 0 Å². The summed E-state index contributed by atoms with van der Waals surface area (Å²) < 4.78 is 51.3. The molecule has 1 aromatic heterocycles.